The lowest BCUT2D eigenvalue weighted by Crippen LogP contribution is -2.08. The fourth-order valence-electron chi connectivity index (χ4n) is 0.694. The predicted octanol–water partition coefficient (Wildman–Crippen LogP) is 1.03. The van der Waals surface area contributed by atoms with Crippen molar-refractivity contribution in [2.45, 2.75) is 20.0 Å². The SMILES string of the molecule is CCC(=O)Nc1nnc(COC)s1. The largest absolute Gasteiger partial charge is 0.377 e. The van der Waals surface area contributed by atoms with Crippen molar-refractivity contribution < 1.29 is 9.53 Å². The van der Waals surface area contributed by atoms with Crippen molar-refractivity contribution in [2.24, 2.45) is 0 Å². The van der Waals surface area contributed by atoms with Gasteiger partial charge >= 0.3 is 0 Å². The molecule has 0 bridgehead atoms. The van der Waals surface area contributed by atoms with Gasteiger partial charge in [-0.2, -0.15) is 0 Å². The van der Waals surface area contributed by atoms with Gasteiger partial charge < -0.3 is 10.1 Å². The molecule has 0 unspecified atom stereocenters. The van der Waals surface area contributed by atoms with Crippen LogP contribution in [0.4, 0.5) is 5.13 Å². The zero-order valence-corrected chi connectivity index (χ0v) is 8.35. The Bertz CT molecular complexity index is 287. The van der Waals surface area contributed by atoms with Gasteiger partial charge in [-0.15, -0.1) is 10.2 Å². The topological polar surface area (TPSA) is 64.1 Å². The van der Waals surface area contributed by atoms with Crippen LogP contribution in [-0.4, -0.2) is 23.2 Å². The second-order valence-corrected chi connectivity index (χ2v) is 3.40. The first-order valence-corrected chi connectivity index (χ1v) is 4.69. The Hall–Kier alpha value is -1.01. The molecule has 0 radical (unpaired) electrons. The second kappa shape index (κ2) is 4.88. The van der Waals surface area contributed by atoms with E-state index in [4.69, 9.17) is 4.74 Å². The number of carbonyl (C=O) groups is 1. The molecule has 0 atom stereocenters. The zero-order valence-electron chi connectivity index (χ0n) is 7.53. The molecule has 13 heavy (non-hydrogen) atoms. The molecule has 1 amide bonds. The molecule has 1 N–H and O–H groups in total. The third-order valence-corrected chi connectivity index (χ3v) is 2.11. The Morgan fingerprint density at radius 1 is 1.62 bits per heavy atom. The summed E-state index contributed by atoms with van der Waals surface area (Å²) in [4.78, 5) is 10.9. The number of ether oxygens (including phenoxy) is 1. The average molecular weight is 201 g/mol. The van der Waals surface area contributed by atoms with Gasteiger partial charge in [0.05, 0.1) is 0 Å². The molecule has 1 aromatic heterocycles. The van der Waals surface area contributed by atoms with E-state index in [0.29, 0.717) is 18.2 Å². The normalized spacial score (nSPS) is 10.0. The summed E-state index contributed by atoms with van der Waals surface area (Å²) < 4.78 is 4.87. The number of nitrogens with zero attached hydrogens (tertiary/aromatic N) is 2. The molecule has 0 aliphatic carbocycles. The fourth-order valence-corrected chi connectivity index (χ4v) is 1.42. The van der Waals surface area contributed by atoms with E-state index in [1.807, 2.05) is 0 Å². The van der Waals surface area contributed by atoms with Crippen LogP contribution in [0.15, 0.2) is 0 Å². The van der Waals surface area contributed by atoms with Crippen LogP contribution < -0.4 is 5.32 Å². The summed E-state index contributed by atoms with van der Waals surface area (Å²) in [5.74, 6) is -0.0554. The lowest BCUT2D eigenvalue weighted by molar-refractivity contribution is -0.115. The summed E-state index contributed by atoms with van der Waals surface area (Å²) in [5, 5.41) is 11.5. The van der Waals surface area contributed by atoms with Crippen molar-refractivity contribution in [1.82, 2.24) is 10.2 Å². The van der Waals surface area contributed by atoms with Crippen molar-refractivity contribution >= 4 is 22.4 Å². The molecule has 0 saturated heterocycles. The summed E-state index contributed by atoms with van der Waals surface area (Å²) in [6, 6.07) is 0. The lowest BCUT2D eigenvalue weighted by atomic mass is 10.5. The highest BCUT2D eigenvalue weighted by Gasteiger charge is 2.05. The maximum Gasteiger partial charge on any atom is 0.225 e. The minimum Gasteiger partial charge on any atom is -0.377 e. The van der Waals surface area contributed by atoms with Gasteiger partial charge in [0.15, 0.2) is 0 Å². The van der Waals surface area contributed by atoms with Crippen molar-refractivity contribution in [3.8, 4) is 0 Å². The maximum absolute atomic E-state index is 10.9. The molecule has 1 heterocycles. The smallest absolute Gasteiger partial charge is 0.225 e. The maximum atomic E-state index is 10.9. The van der Waals surface area contributed by atoms with E-state index in [-0.39, 0.29) is 5.91 Å². The van der Waals surface area contributed by atoms with Crippen molar-refractivity contribution in [3.63, 3.8) is 0 Å². The minimum atomic E-state index is -0.0554. The first-order valence-electron chi connectivity index (χ1n) is 3.87. The third-order valence-electron chi connectivity index (χ3n) is 1.30. The van der Waals surface area contributed by atoms with Crippen LogP contribution in [0, 0.1) is 0 Å². The van der Waals surface area contributed by atoms with Gasteiger partial charge in [-0.05, 0) is 0 Å². The van der Waals surface area contributed by atoms with Gasteiger partial charge in [-0.25, -0.2) is 0 Å². The lowest BCUT2D eigenvalue weighted by Gasteiger charge is -1.94. The second-order valence-electron chi connectivity index (χ2n) is 2.34. The number of amides is 1. The number of methoxy groups -OCH3 is 1. The highest BCUT2D eigenvalue weighted by atomic mass is 32.1. The highest BCUT2D eigenvalue weighted by Crippen LogP contribution is 2.15. The number of hydrogen-bond acceptors (Lipinski definition) is 5. The Labute approximate surface area is 80.1 Å². The number of carbonyl (C=O) groups excluding carboxylic acids is 1. The van der Waals surface area contributed by atoms with E-state index in [9.17, 15) is 4.79 Å². The molecule has 5 nitrogen and oxygen atoms in total. The van der Waals surface area contributed by atoms with Crippen molar-refractivity contribution in [3.05, 3.63) is 5.01 Å². The first kappa shape index (κ1) is 10.1. The average Bonchev–Trinajstić information content (AvgIpc) is 2.53. The van der Waals surface area contributed by atoms with E-state index >= 15 is 0 Å². The standard InChI is InChI=1S/C7H11N3O2S/c1-3-5(11)8-7-10-9-6(13-7)4-12-2/h3-4H2,1-2H3,(H,8,10,11). The summed E-state index contributed by atoms with van der Waals surface area (Å²) in [5.41, 5.74) is 0. The molecule has 72 valence electrons. The molecule has 1 aromatic rings. The highest BCUT2D eigenvalue weighted by molar-refractivity contribution is 7.15. The van der Waals surface area contributed by atoms with Crippen LogP contribution in [0.25, 0.3) is 0 Å². The van der Waals surface area contributed by atoms with Crippen LogP contribution >= 0.6 is 11.3 Å². The Kier molecular flexibility index (Phi) is 3.78. The van der Waals surface area contributed by atoms with Gasteiger partial charge in [0.1, 0.15) is 11.6 Å². The van der Waals surface area contributed by atoms with Gasteiger partial charge in [-0.1, -0.05) is 18.3 Å². The monoisotopic (exact) mass is 201 g/mol. The summed E-state index contributed by atoms with van der Waals surface area (Å²) in [6.45, 7) is 2.21. The molecule has 0 saturated carbocycles. The molecule has 0 fully saturated rings. The Morgan fingerprint density at radius 2 is 2.38 bits per heavy atom. The van der Waals surface area contributed by atoms with E-state index in [1.54, 1.807) is 14.0 Å². The first-order chi connectivity index (χ1) is 6.26. The number of anilines is 1. The summed E-state index contributed by atoms with van der Waals surface area (Å²) in [7, 11) is 1.59. The minimum absolute atomic E-state index is 0.0554. The molecule has 6 heteroatoms. The third kappa shape index (κ3) is 3.08. The summed E-state index contributed by atoms with van der Waals surface area (Å²) >= 11 is 1.32. The molecular formula is C7H11N3O2S. The molecule has 0 aliphatic rings. The molecular weight excluding hydrogens is 190 g/mol. The van der Waals surface area contributed by atoms with Gasteiger partial charge in [0, 0.05) is 13.5 Å². The van der Waals surface area contributed by atoms with Gasteiger partial charge in [-0.3, -0.25) is 4.79 Å². The van der Waals surface area contributed by atoms with Gasteiger partial charge in [0.25, 0.3) is 0 Å². The quantitative estimate of drug-likeness (QED) is 0.790. The van der Waals surface area contributed by atoms with Crippen LogP contribution in [0.2, 0.25) is 0 Å². The van der Waals surface area contributed by atoms with Crippen molar-refractivity contribution in [1.29, 1.82) is 0 Å². The molecule has 1 rings (SSSR count). The number of nitrogens with one attached hydrogen (secondary N) is 1. The van der Waals surface area contributed by atoms with E-state index < -0.39 is 0 Å². The Balaban J connectivity index is 2.53. The fraction of sp³-hybridized carbons (Fsp3) is 0.571. The predicted molar refractivity (Wildman–Crippen MR) is 49.5 cm³/mol. The van der Waals surface area contributed by atoms with E-state index in [0.717, 1.165) is 5.01 Å². The Morgan fingerprint density at radius 3 is 3.00 bits per heavy atom. The van der Waals surface area contributed by atoms with Crippen LogP contribution in [0.1, 0.15) is 18.4 Å². The summed E-state index contributed by atoms with van der Waals surface area (Å²) in [6.07, 6.45) is 0.444. The molecule has 0 aliphatic heterocycles. The van der Waals surface area contributed by atoms with E-state index in [1.165, 1.54) is 11.3 Å². The van der Waals surface area contributed by atoms with E-state index in [2.05, 4.69) is 15.5 Å². The zero-order chi connectivity index (χ0) is 9.68. The van der Waals surface area contributed by atoms with Gasteiger partial charge in [0.2, 0.25) is 11.0 Å². The number of hydrogen-bond donors (Lipinski definition) is 1. The number of rotatable bonds is 4. The van der Waals surface area contributed by atoms with Crippen LogP contribution in [0.5, 0.6) is 0 Å². The number of aromatic nitrogens is 2. The van der Waals surface area contributed by atoms with Crippen LogP contribution in [0.3, 0.4) is 0 Å². The van der Waals surface area contributed by atoms with Crippen molar-refractivity contribution in [2.75, 3.05) is 12.4 Å². The molecule has 0 aromatic carbocycles. The van der Waals surface area contributed by atoms with Crippen LogP contribution in [-0.2, 0) is 16.1 Å². The molecule has 0 spiro atoms.